The average Bonchev–Trinajstić information content (AvgIpc) is 3.20. The molecule has 0 atom stereocenters. The first-order valence-corrected chi connectivity index (χ1v) is 11.1. The maximum atomic E-state index is 12.5. The summed E-state index contributed by atoms with van der Waals surface area (Å²) in [7, 11) is 0. The highest BCUT2D eigenvalue weighted by molar-refractivity contribution is 7.80. The van der Waals surface area contributed by atoms with E-state index in [0.29, 0.717) is 28.6 Å². The summed E-state index contributed by atoms with van der Waals surface area (Å²) < 4.78 is 6.48. The first-order valence-electron chi connectivity index (χ1n) is 9.54. The number of carbonyl (C=O) groups is 1. The van der Waals surface area contributed by atoms with Crippen LogP contribution in [-0.2, 0) is 0 Å². The van der Waals surface area contributed by atoms with E-state index in [2.05, 4.69) is 10.6 Å². The van der Waals surface area contributed by atoms with Crippen molar-refractivity contribution in [1.82, 2.24) is 10.3 Å². The lowest BCUT2D eigenvalue weighted by molar-refractivity contribution is 0.0977. The summed E-state index contributed by atoms with van der Waals surface area (Å²) in [6, 6.07) is 20.2. The number of amides is 1. The number of anilines is 1. The molecule has 31 heavy (non-hydrogen) atoms. The largest absolute Gasteiger partial charge is 0.494 e. The Morgan fingerprint density at radius 1 is 1.13 bits per heavy atom. The second-order valence-electron chi connectivity index (χ2n) is 6.54. The van der Waals surface area contributed by atoms with Crippen molar-refractivity contribution in [2.24, 2.45) is 0 Å². The van der Waals surface area contributed by atoms with Gasteiger partial charge >= 0.3 is 0 Å². The quantitative estimate of drug-likeness (QED) is 0.345. The smallest absolute Gasteiger partial charge is 0.257 e. The molecule has 0 unspecified atom stereocenters. The van der Waals surface area contributed by atoms with E-state index in [4.69, 9.17) is 33.5 Å². The molecule has 0 radical (unpaired) electrons. The predicted molar refractivity (Wildman–Crippen MR) is 131 cm³/mol. The van der Waals surface area contributed by atoms with Gasteiger partial charge in [-0.25, -0.2) is 4.98 Å². The molecule has 2 N–H and O–H groups in total. The van der Waals surface area contributed by atoms with Crippen molar-refractivity contribution in [2.45, 2.75) is 6.92 Å². The van der Waals surface area contributed by atoms with E-state index in [9.17, 15) is 4.79 Å². The summed E-state index contributed by atoms with van der Waals surface area (Å²) in [6.07, 6.45) is 0. The highest BCUT2D eigenvalue weighted by atomic mass is 35.5. The lowest BCUT2D eigenvalue weighted by Crippen LogP contribution is -2.34. The summed E-state index contributed by atoms with van der Waals surface area (Å²) in [5, 5.41) is 7.39. The SMILES string of the molecule is CCOc1ccc(C(=O)NC(=S)Nc2ccc(Cl)cc2-c2nc3ccccc3s2)cc1. The molecule has 4 rings (SSSR count). The monoisotopic (exact) mass is 467 g/mol. The normalized spacial score (nSPS) is 10.6. The molecule has 1 aromatic heterocycles. The Labute approximate surface area is 194 Å². The van der Waals surface area contributed by atoms with Gasteiger partial charge in [0, 0.05) is 16.1 Å². The van der Waals surface area contributed by atoms with Crippen molar-refractivity contribution in [2.75, 3.05) is 11.9 Å². The van der Waals surface area contributed by atoms with Crippen LogP contribution in [0.1, 0.15) is 17.3 Å². The molecule has 0 aliphatic rings. The number of halogens is 1. The molecule has 3 aromatic carbocycles. The van der Waals surface area contributed by atoms with E-state index in [1.165, 1.54) is 0 Å². The van der Waals surface area contributed by atoms with Crippen LogP contribution in [0.5, 0.6) is 5.75 Å². The number of hydrogen-bond donors (Lipinski definition) is 2. The molecule has 1 heterocycles. The first kappa shape index (κ1) is 21.2. The van der Waals surface area contributed by atoms with Crippen molar-refractivity contribution >= 4 is 62.1 Å². The predicted octanol–water partition coefficient (Wildman–Crippen LogP) is 6.14. The van der Waals surface area contributed by atoms with Gasteiger partial charge in [-0.2, -0.15) is 0 Å². The fourth-order valence-electron chi connectivity index (χ4n) is 2.99. The van der Waals surface area contributed by atoms with Crippen LogP contribution < -0.4 is 15.4 Å². The summed E-state index contributed by atoms with van der Waals surface area (Å²) >= 11 is 13.2. The number of thiocarbonyl (C=S) groups is 1. The number of benzene rings is 3. The lowest BCUT2D eigenvalue weighted by Gasteiger charge is -2.13. The zero-order valence-corrected chi connectivity index (χ0v) is 18.9. The Bertz CT molecular complexity index is 1220. The third-order valence-electron chi connectivity index (χ3n) is 4.41. The molecule has 156 valence electrons. The number of fused-ring (bicyclic) bond motifs is 1. The first-order chi connectivity index (χ1) is 15.0. The zero-order chi connectivity index (χ0) is 21.8. The lowest BCUT2D eigenvalue weighted by atomic mass is 10.2. The van der Waals surface area contributed by atoms with Gasteiger partial charge < -0.3 is 10.1 Å². The number of carbonyl (C=O) groups excluding carboxylic acids is 1. The number of rotatable bonds is 5. The van der Waals surface area contributed by atoms with E-state index in [-0.39, 0.29) is 11.0 Å². The highest BCUT2D eigenvalue weighted by Gasteiger charge is 2.14. The average molecular weight is 468 g/mol. The number of aromatic nitrogens is 1. The molecule has 1 amide bonds. The number of ether oxygens (including phenoxy) is 1. The van der Waals surface area contributed by atoms with Gasteiger partial charge in [-0.15, -0.1) is 11.3 Å². The van der Waals surface area contributed by atoms with Gasteiger partial charge in [-0.1, -0.05) is 23.7 Å². The molecule has 0 saturated carbocycles. The molecule has 8 heteroatoms. The Kier molecular flexibility index (Phi) is 6.46. The highest BCUT2D eigenvalue weighted by Crippen LogP contribution is 2.36. The minimum atomic E-state index is -0.309. The Hall–Kier alpha value is -3.00. The number of thiazole rings is 1. The van der Waals surface area contributed by atoms with Gasteiger partial charge in [0.05, 0.1) is 22.5 Å². The minimum Gasteiger partial charge on any atom is -0.494 e. The van der Waals surface area contributed by atoms with Gasteiger partial charge in [0.2, 0.25) is 0 Å². The molecule has 0 aliphatic heterocycles. The van der Waals surface area contributed by atoms with E-state index >= 15 is 0 Å². The van der Waals surface area contributed by atoms with Crippen LogP contribution >= 0.6 is 35.2 Å². The van der Waals surface area contributed by atoms with E-state index < -0.39 is 0 Å². The van der Waals surface area contributed by atoms with E-state index in [1.807, 2.05) is 43.3 Å². The van der Waals surface area contributed by atoms with Crippen molar-refractivity contribution in [3.8, 4) is 16.3 Å². The third kappa shape index (κ3) is 5.02. The molecule has 4 aromatic rings. The number of nitrogens with zero attached hydrogens (tertiary/aromatic N) is 1. The Morgan fingerprint density at radius 2 is 1.90 bits per heavy atom. The van der Waals surface area contributed by atoms with Crippen molar-refractivity contribution < 1.29 is 9.53 Å². The summed E-state index contributed by atoms with van der Waals surface area (Å²) in [5.41, 5.74) is 2.92. The molecule has 0 bridgehead atoms. The van der Waals surface area contributed by atoms with Crippen LogP contribution in [0.4, 0.5) is 5.69 Å². The summed E-state index contributed by atoms with van der Waals surface area (Å²) in [4.78, 5) is 17.2. The standard InChI is InChI=1S/C23H18ClN3O2S2/c1-2-29-16-10-7-14(8-11-16)21(28)27-23(30)26-18-12-9-15(24)13-17(18)22-25-19-5-3-4-6-20(19)31-22/h3-13H,2H2,1H3,(H2,26,27,28,30). The van der Waals surface area contributed by atoms with E-state index in [1.54, 1.807) is 41.7 Å². The fourth-order valence-corrected chi connectivity index (χ4v) is 4.36. The van der Waals surface area contributed by atoms with Gasteiger partial charge in [-0.05, 0) is 73.7 Å². The Morgan fingerprint density at radius 3 is 2.65 bits per heavy atom. The number of para-hydroxylation sites is 1. The van der Waals surface area contributed by atoms with Crippen molar-refractivity contribution in [3.63, 3.8) is 0 Å². The molecule has 0 fully saturated rings. The molecule has 0 spiro atoms. The van der Waals surface area contributed by atoms with Gasteiger partial charge in [0.25, 0.3) is 5.91 Å². The summed E-state index contributed by atoms with van der Waals surface area (Å²) in [6.45, 7) is 2.47. The van der Waals surface area contributed by atoms with Crippen molar-refractivity contribution in [3.05, 3.63) is 77.3 Å². The molecular weight excluding hydrogens is 450 g/mol. The zero-order valence-electron chi connectivity index (χ0n) is 16.5. The van der Waals surface area contributed by atoms with Crippen LogP contribution in [0.2, 0.25) is 5.02 Å². The van der Waals surface area contributed by atoms with Crippen LogP contribution in [-0.4, -0.2) is 22.6 Å². The van der Waals surface area contributed by atoms with Gasteiger partial charge in [-0.3, -0.25) is 10.1 Å². The van der Waals surface area contributed by atoms with Crippen LogP contribution in [0, 0.1) is 0 Å². The minimum absolute atomic E-state index is 0.184. The molecule has 0 saturated heterocycles. The van der Waals surface area contributed by atoms with Crippen LogP contribution in [0.15, 0.2) is 66.7 Å². The molecule has 5 nitrogen and oxygen atoms in total. The summed E-state index contributed by atoms with van der Waals surface area (Å²) in [5.74, 6) is 0.400. The van der Waals surface area contributed by atoms with Crippen LogP contribution in [0.25, 0.3) is 20.8 Å². The number of nitrogens with one attached hydrogen (secondary N) is 2. The van der Waals surface area contributed by atoms with E-state index in [0.717, 1.165) is 20.8 Å². The van der Waals surface area contributed by atoms with Crippen molar-refractivity contribution in [1.29, 1.82) is 0 Å². The number of hydrogen-bond acceptors (Lipinski definition) is 5. The maximum absolute atomic E-state index is 12.5. The second kappa shape index (κ2) is 9.43. The van der Waals surface area contributed by atoms with Gasteiger partial charge in [0.15, 0.2) is 5.11 Å². The van der Waals surface area contributed by atoms with Crippen LogP contribution in [0.3, 0.4) is 0 Å². The third-order valence-corrected chi connectivity index (χ3v) is 5.92. The maximum Gasteiger partial charge on any atom is 0.257 e. The Balaban J connectivity index is 1.52. The van der Waals surface area contributed by atoms with Gasteiger partial charge in [0.1, 0.15) is 10.8 Å². The topological polar surface area (TPSA) is 63.2 Å². The molecule has 0 aliphatic carbocycles. The molecular formula is C23H18ClN3O2S2. The second-order valence-corrected chi connectivity index (χ2v) is 8.42. The fraction of sp³-hybridized carbons (Fsp3) is 0.0870.